The van der Waals surface area contributed by atoms with Gasteiger partial charge in [-0.3, -0.25) is 13.9 Å². The summed E-state index contributed by atoms with van der Waals surface area (Å²) in [5.74, 6) is 1.24. The Bertz CT molecular complexity index is 1810. The molecule has 1 aromatic carbocycles. The van der Waals surface area contributed by atoms with E-state index < -0.39 is 0 Å². The van der Waals surface area contributed by atoms with Gasteiger partial charge in [-0.05, 0) is 83.8 Å². The van der Waals surface area contributed by atoms with Crippen LogP contribution in [-0.4, -0.2) is 49.3 Å². The molecular formula is C36H45N5O5. The lowest BCUT2D eigenvalue weighted by atomic mass is 9.54. The van der Waals surface area contributed by atoms with Gasteiger partial charge in [-0.15, -0.1) is 0 Å². The van der Waals surface area contributed by atoms with E-state index in [0.29, 0.717) is 54.5 Å². The van der Waals surface area contributed by atoms with Crippen LogP contribution in [0.4, 0.5) is 0 Å². The molecule has 0 amide bonds. The average molecular weight is 628 g/mol. The van der Waals surface area contributed by atoms with E-state index in [9.17, 15) is 9.59 Å². The van der Waals surface area contributed by atoms with Crippen LogP contribution >= 0.6 is 0 Å². The van der Waals surface area contributed by atoms with Crippen molar-refractivity contribution in [2.75, 3.05) is 13.2 Å². The molecular weight excluding hydrogens is 582 g/mol. The Labute approximate surface area is 269 Å². The molecule has 2 saturated carbocycles. The van der Waals surface area contributed by atoms with Gasteiger partial charge in [0.1, 0.15) is 11.9 Å². The highest BCUT2D eigenvalue weighted by molar-refractivity contribution is 5.78. The molecule has 4 aromatic rings. The minimum Gasteiger partial charge on any atom is -0.474 e. The van der Waals surface area contributed by atoms with Crippen LogP contribution in [-0.2, 0) is 22.6 Å². The van der Waals surface area contributed by atoms with E-state index in [1.165, 1.54) is 30.3 Å². The van der Waals surface area contributed by atoms with Crippen LogP contribution in [0.1, 0.15) is 88.9 Å². The van der Waals surface area contributed by atoms with E-state index in [1.54, 1.807) is 4.57 Å². The molecule has 7 rings (SSSR count). The number of benzene rings is 1. The highest BCUT2D eigenvalue weighted by Crippen LogP contribution is 2.57. The minimum atomic E-state index is -0.360. The quantitative estimate of drug-likeness (QED) is 0.188. The molecule has 0 radical (unpaired) electrons. The minimum absolute atomic E-state index is 0.210. The number of fused-ring (bicyclic) bond motifs is 1. The SMILES string of the molecule is Cc1nc(OC2CCC23CCC3)ccc1-c1nc2c(c(=O)n(CCCOC3CCCCO3)c(=O)n2C(C)C)n1Cc1ccccc1. The first-order valence-corrected chi connectivity index (χ1v) is 17.0. The Hall–Kier alpha value is -3.76. The maximum Gasteiger partial charge on any atom is 0.332 e. The fraction of sp³-hybridized carbons (Fsp3) is 0.556. The van der Waals surface area contributed by atoms with Gasteiger partial charge >= 0.3 is 5.69 Å². The fourth-order valence-electron chi connectivity index (χ4n) is 7.37. The molecule has 3 fully saturated rings. The zero-order valence-corrected chi connectivity index (χ0v) is 27.2. The van der Waals surface area contributed by atoms with Crippen molar-refractivity contribution in [1.29, 1.82) is 0 Å². The van der Waals surface area contributed by atoms with Gasteiger partial charge in [0.15, 0.2) is 17.5 Å². The summed E-state index contributed by atoms with van der Waals surface area (Å²) in [5, 5.41) is 0. The van der Waals surface area contributed by atoms with E-state index in [1.807, 2.05) is 67.8 Å². The third-order valence-corrected chi connectivity index (χ3v) is 10.2. The van der Waals surface area contributed by atoms with Crippen molar-refractivity contribution in [2.45, 2.75) is 110 Å². The van der Waals surface area contributed by atoms with Gasteiger partial charge < -0.3 is 18.8 Å². The number of nitrogens with zero attached hydrogens (tertiary/aromatic N) is 5. The predicted octanol–water partition coefficient (Wildman–Crippen LogP) is 6.00. The lowest BCUT2D eigenvalue weighted by Gasteiger charge is -2.55. The van der Waals surface area contributed by atoms with Crippen molar-refractivity contribution in [3.8, 4) is 17.3 Å². The van der Waals surface area contributed by atoms with Crippen LogP contribution in [0.3, 0.4) is 0 Å². The number of aryl methyl sites for hydroxylation is 1. The van der Waals surface area contributed by atoms with Gasteiger partial charge in [0.05, 0.1) is 12.3 Å². The third kappa shape index (κ3) is 5.70. The number of ether oxygens (including phenoxy) is 3. The molecule has 10 nitrogen and oxygen atoms in total. The van der Waals surface area contributed by atoms with Crippen LogP contribution in [0, 0.1) is 12.3 Å². The first-order chi connectivity index (χ1) is 22.3. The van der Waals surface area contributed by atoms with Gasteiger partial charge in [-0.25, -0.2) is 14.8 Å². The van der Waals surface area contributed by atoms with Crippen molar-refractivity contribution in [2.24, 2.45) is 5.41 Å². The summed E-state index contributed by atoms with van der Waals surface area (Å²) < 4.78 is 22.9. The average Bonchev–Trinajstić information content (AvgIpc) is 3.37. The normalized spacial score (nSPS) is 20.6. The van der Waals surface area contributed by atoms with Crippen LogP contribution < -0.4 is 16.0 Å². The molecule has 1 spiro atoms. The Morgan fingerprint density at radius 1 is 0.978 bits per heavy atom. The molecule has 2 atom stereocenters. The van der Waals surface area contributed by atoms with Crippen molar-refractivity contribution < 1.29 is 14.2 Å². The predicted molar refractivity (Wildman–Crippen MR) is 176 cm³/mol. The van der Waals surface area contributed by atoms with E-state index in [-0.39, 0.29) is 36.2 Å². The second-order valence-electron chi connectivity index (χ2n) is 13.5. The lowest BCUT2D eigenvalue weighted by molar-refractivity contribution is -0.163. The summed E-state index contributed by atoms with van der Waals surface area (Å²) in [7, 11) is 0. The summed E-state index contributed by atoms with van der Waals surface area (Å²) in [5.41, 5.74) is 3.05. The van der Waals surface area contributed by atoms with Gasteiger partial charge in [-0.2, -0.15) is 0 Å². The van der Waals surface area contributed by atoms with E-state index in [2.05, 4.69) is 0 Å². The van der Waals surface area contributed by atoms with Crippen molar-refractivity contribution in [3.05, 3.63) is 74.6 Å². The molecule has 3 aromatic heterocycles. The molecule has 46 heavy (non-hydrogen) atoms. The second kappa shape index (κ2) is 12.8. The summed E-state index contributed by atoms with van der Waals surface area (Å²) >= 11 is 0. The molecule has 3 aliphatic rings. The first-order valence-electron chi connectivity index (χ1n) is 17.0. The van der Waals surface area contributed by atoms with Gasteiger partial charge in [-0.1, -0.05) is 36.8 Å². The lowest BCUT2D eigenvalue weighted by Crippen LogP contribution is -2.52. The van der Waals surface area contributed by atoms with Gasteiger partial charge in [0, 0.05) is 42.8 Å². The molecule has 244 valence electrons. The Kier molecular flexibility index (Phi) is 8.59. The molecule has 1 aliphatic heterocycles. The van der Waals surface area contributed by atoms with Crippen molar-refractivity contribution in [1.82, 2.24) is 23.7 Å². The van der Waals surface area contributed by atoms with Crippen LogP contribution in [0.25, 0.3) is 22.6 Å². The van der Waals surface area contributed by atoms with E-state index >= 15 is 0 Å². The van der Waals surface area contributed by atoms with E-state index in [0.717, 1.165) is 42.5 Å². The largest absolute Gasteiger partial charge is 0.474 e. The van der Waals surface area contributed by atoms with Crippen LogP contribution in [0.15, 0.2) is 52.1 Å². The molecule has 2 unspecified atom stereocenters. The molecule has 1 saturated heterocycles. The highest BCUT2D eigenvalue weighted by atomic mass is 16.7. The monoisotopic (exact) mass is 627 g/mol. The smallest absolute Gasteiger partial charge is 0.332 e. The molecule has 0 bridgehead atoms. The number of aromatic nitrogens is 5. The molecule has 0 N–H and O–H groups in total. The molecule has 4 heterocycles. The van der Waals surface area contributed by atoms with E-state index in [4.69, 9.17) is 24.2 Å². The summed E-state index contributed by atoms with van der Waals surface area (Å²) in [6, 6.07) is 13.7. The molecule has 10 heteroatoms. The fourth-order valence-corrected chi connectivity index (χ4v) is 7.37. The van der Waals surface area contributed by atoms with Gasteiger partial charge in [0.25, 0.3) is 5.56 Å². The van der Waals surface area contributed by atoms with Crippen molar-refractivity contribution in [3.63, 3.8) is 0 Å². The Balaban J connectivity index is 1.27. The standard InChI is InChI=1S/C36H45N5O5/c1-24(2)41-33-31(34(42)39(35(41)43)20-10-22-45-30-13-7-8-21-44-30)40(23-26-11-5-4-6-12-26)32(38-33)27-14-15-29(37-25(27)3)46-28-16-19-36(28)17-9-18-36/h4-6,11-12,14-15,24,28,30H,7-10,13,16-23H2,1-3H3. The third-order valence-electron chi connectivity index (χ3n) is 10.2. The Morgan fingerprint density at radius 2 is 1.80 bits per heavy atom. The number of hydrogen-bond donors (Lipinski definition) is 0. The van der Waals surface area contributed by atoms with Crippen molar-refractivity contribution >= 4 is 11.2 Å². The second-order valence-corrected chi connectivity index (χ2v) is 13.5. The highest BCUT2D eigenvalue weighted by Gasteiger charge is 2.52. The zero-order valence-electron chi connectivity index (χ0n) is 27.2. The summed E-state index contributed by atoms with van der Waals surface area (Å²) in [4.78, 5) is 38.0. The molecule has 2 aliphatic carbocycles. The summed E-state index contributed by atoms with van der Waals surface area (Å²) in [6.07, 6.45) is 9.65. The topological polar surface area (TPSA) is 102 Å². The summed E-state index contributed by atoms with van der Waals surface area (Å²) in [6.45, 7) is 7.63. The number of rotatable bonds is 11. The number of hydrogen-bond acceptors (Lipinski definition) is 7. The maximum atomic E-state index is 14.3. The zero-order chi connectivity index (χ0) is 31.8. The van der Waals surface area contributed by atoms with Crippen LogP contribution in [0.2, 0.25) is 0 Å². The number of imidazole rings is 1. The maximum absolute atomic E-state index is 14.3. The van der Waals surface area contributed by atoms with Crippen LogP contribution in [0.5, 0.6) is 5.88 Å². The van der Waals surface area contributed by atoms with Gasteiger partial charge in [0.2, 0.25) is 5.88 Å². The first kappa shape index (κ1) is 30.9. The number of pyridine rings is 1. The Morgan fingerprint density at radius 3 is 2.46 bits per heavy atom.